The number of nitrogens with zero attached hydrogens (tertiary/aromatic N) is 1. The minimum Gasteiger partial charge on any atom is -0.468 e. The van der Waals surface area contributed by atoms with Gasteiger partial charge < -0.3 is 31.3 Å². The topological polar surface area (TPSA) is 162 Å². The van der Waals surface area contributed by atoms with Gasteiger partial charge in [-0.2, -0.15) is 4.99 Å². The zero-order chi connectivity index (χ0) is 25.2. The Morgan fingerprint density at radius 1 is 1.17 bits per heavy atom. The molecule has 0 unspecified atom stereocenters. The van der Waals surface area contributed by atoms with Crippen molar-refractivity contribution in [1.82, 2.24) is 5.32 Å². The molecule has 0 atom stereocenters. The SMILES string of the molecule is Cc1cc(C(=O)N=C(N)N)cc2c1Oc1c(Cl)cc(NCCNCc3ccco3)cc1CS2(=O)=O. The number of aryl methyl sites for hydroxylation is 1. The highest BCUT2D eigenvalue weighted by Gasteiger charge is 2.31. The zero-order valence-electron chi connectivity index (χ0n) is 18.8. The molecule has 2 aromatic carbocycles. The molecule has 2 heterocycles. The quantitative estimate of drug-likeness (QED) is 0.209. The molecule has 4 rings (SSSR count). The van der Waals surface area contributed by atoms with Crippen molar-refractivity contribution in [3.05, 3.63) is 70.1 Å². The Morgan fingerprint density at radius 2 is 1.97 bits per heavy atom. The van der Waals surface area contributed by atoms with Gasteiger partial charge in [-0.05, 0) is 48.9 Å². The van der Waals surface area contributed by atoms with Crippen LogP contribution in [-0.2, 0) is 22.1 Å². The second-order valence-electron chi connectivity index (χ2n) is 7.95. The number of amides is 1. The van der Waals surface area contributed by atoms with E-state index in [1.54, 1.807) is 25.3 Å². The molecule has 6 N–H and O–H groups in total. The van der Waals surface area contributed by atoms with Crippen LogP contribution in [0.3, 0.4) is 0 Å². The van der Waals surface area contributed by atoms with Crippen LogP contribution in [-0.4, -0.2) is 33.4 Å². The molecular formula is C23H24ClN5O5S. The lowest BCUT2D eigenvalue weighted by molar-refractivity contribution is 0.100. The van der Waals surface area contributed by atoms with E-state index in [-0.39, 0.29) is 32.7 Å². The van der Waals surface area contributed by atoms with Crippen molar-refractivity contribution >= 4 is 39.0 Å². The van der Waals surface area contributed by atoms with Crippen molar-refractivity contribution in [2.75, 3.05) is 18.4 Å². The molecule has 35 heavy (non-hydrogen) atoms. The molecule has 0 fully saturated rings. The van der Waals surface area contributed by atoms with Gasteiger partial charge in [0, 0.05) is 29.9 Å². The van der Waals surface area contributed by atoms with Crippen molar-refractivity contribution in [2.24, 2.45) is 16.5 Å². The smallest absolute Gasteiger partial charge is 0.280 e. The maximum absolute atomic E-state index is 13.3. The van der Waals surface area contributed by atoms with Crippen molar-refractivity contribution in [3.63, 3.8) is 0 Å². The van der Waals surface area contributed by atoms with Crippen molar-refractivity contribution in [1.29, 1.82) is 0 Å². The van der Waals surface area contributed by atoms with Crippen LogP contribution in [0.2, 0.25) is 5.02 Å². The number of carbonyl (C=O) groups excluding carboxylic acids is 1. The molecule has 0 bridgehead atoms. The average molecular weight is 518 g/mol. The number of rotatable bonds is 7. The number of nitrogens with two attached hydrogens (primary N) is 2. The van der Waals surface area contributed by atoms with Gasteiger partial charge in [0.05, 0.1) is 23.6 Å². The normalized spacial score (nSPS) is 13.7. The van der Waals surface area contributed by atoms with Crippen molar-refractivity contribution < 1.29 is 22.4 Å². The fourth-order valence-electron chi connectivity index (χ4n) is 3.69. The third-order valence-electron chi connectivity index (χ3n) is 5.23. The van der Waals surface area contributed by atoms with Gasteiger partial charge in [0.2, 0.25) is 0 Å². The number of fused-ring (bicyclic) bond motifs is 2. The number of halogens is 1. The molecule has 3 aromatic rings. The van der Waals surface area contributed by atoms with Crippen LogP contribution in [0.15, 0.2) is 57.0 Å². The first-order valence-electron chi connectivity index (χ1n) is 10.6. The molecule has 0 aliphatic carbocycles. The predicted octanol–water partition coefficient (Wildman–Crippen LogP) is 2.94. The summed E-state index contributed by atoms with van der Waals surface area (Å²) in [6.07, 6.45) is 1.62. The molecule has 0 spiro atoms. The first kappa shape index (κ1) is 24.6. The van der Waals surface area contributed by atoms with E-state index >= 15 is 0 Å². The molecule has 1 aliphatic rings. The van der Waals surface area contributed by atoms with E-state index in [2.05, 4.69) is 15.6 Å². The average Bonchev–Trinajstić information content (AvgIpc) is 3.25. The van der Waals surface area contributed by atoms with Crippen LogP contribution in [0.4, 0.5) is 5.69 Å². The number of furan rings is 1. The van der Waals surface area contributed by atoms with Crippen LogP contribution in [0, 0.1) is 6.92 Å². The van der Waals surface area contributed by atoms with Crippen LogP contribution >= 0.6 is 11.6 Å². The summed E-state index contributed by atoms with van der Waals surface area (Å²) in [5.74, 6) is -0.342. The summed E-state index contributed by atoms with van der Waals surface area (Å²) in [5.41, 5.74) is 12.1. The maximum atomic E-state index is 13.3. The van der Waals surface area contributed by atoms with Crippen LogP contribution < -0.4 is 26.8 Å². The van der Waals surface area contributed by atoms with E-state index in [1.165, 1.54) is 12.1 Å². The summed E-state index contributed by atoms with van der Waals surface area (Å²) in [5, 5.41) is 6.73. The lowest BCUT2D eigenvalue weighted by atomic mass is 10.1. The Kier molecular flexibility index (Phi) is 7.01. The standard InChI is InChI=1S/C23H24ClN5O5S/c1-13-7-14(22(30)29-23(25)26)9-19-20(13)34-21-15(12-35(19,31)32)8-16(10-18(21)24)28-5-4-27-11-17-3-2-6-33-17/h2-3,6-10,27-28H,4-5,11-12H2,1H3,(H4,25,26,29,30). The highest BCUT2D eigenvalue weighted by atomic mass is 35.5. The van der Waals surface area contributed by atoms with Crippen LogP contribution in [0.1, 0.15) is 27.2 Å². The van der Waals surface area contributed by atoms with E-state index in [4.69, 9.17) is 32.2 Å². The second kappa shape index (κ2) is 9.98. The summed E-state index contributed by atoms with van der Waals surface area (Å²) < 4.78 is 37.8. The summed E-state index contributed by atoms with van der Waals surface area (Å²) in [7, 11) is -3.88. The minimum atomic E-state index is -3.88. The Hall–Kier alpha value is -3.54. The highest BCUT2D eigenvalue weighted by molar-refractivity contribution is 7.90. The largest absolute Gasteiger partial charge is 0.468 e. The number of ether oxygens (including phenoxy) is 1. The van der Waals surface area contributed by atoms with Crippen LogP contribution in [0.5, 0.6) is 11.5 Å². The number of hydrogen-bond donors (Lipinski definition) is 4. The molecule has 1 aromatic heterocycles. The van der Waals surface area contributed by atoms with Gasteiger partial charge in [-0.1, -0.05) is 11.6 Å². The third kappa shape index (κ3) is 5.59. The lowest BCUT2D eigenvalue weighted by Crippen LogP contribution is -2.24. The molecule has 12 heteroatoms. The Morgan fingerprint density at radius 3 is 2.69 bits per heavy atom. The van der Waals surface area contributed by atoms with Gasteiger partial charge in [0.15, 0.2) is 15.8 Å². The number of carbonyl (C=O) groups is 1. The Balaban J connectivity index is 1.56. The van der Waals surface area contributed by atoms with E-state index in [0.29, 0.717) is 36.4 Å². The van der Waals surface area contributed by atoms with Crippen LogP contribution in [0.25, 0.3) is 0 Å². The van der Waals surface area contributed by atoms with Gasteiger partial charge >= 0.3 is 0 Å². The molecule has 1 aliphatic heterocycles. The molecular weight excluding hydrogens is 494 g/mol. The number of anilines is 1. The zero-order valence-corrected chi connectivity index (χ0v) is 20.4. The van der Waals surface area contributed by atoms with Crippen molar-refractivity contribution in [3.8, 4) is 11.5 Å². The Bertz CT molecular complexity index is 1400. The van der Waals surface area contributed by atoms with Gasteiger partial charge in [-0.25, -0.2) is 8.42 Å². The minimum absolute atomic E-state index is 0.0308. The number of hydrogen-bond acceptors (Lipinski definition) is 7. The molecule has 0 saturated carbocycles. The van der Waals surface area contributed by atoms with Gasteiger partial charge in [-0.15, -0.1) is 0 Å². The molecule has 1 amide bonds. The summed E-state index contributed by atoms with van der Waals surface area (Å²) >= 11 is 6.49. The van der Waals surface area contributed by atoms with Gasteiger partial charge in [0.25, 0.3) is 5.91 Å². The van der Waals surface area contributed by atoms with Gasteiger partial charge in [0.1, 0.15) is 22.2 Å². The Labute approximate surface area is 207 Å². The van der Waals surface area contributed by atoms with E-state index < -0.39 is 21.7 Å². The fourth-order valence-corrected chi connectivity index (χ4v) is 5.54. The van der Waals surface area contributed by atoms with E-state index in [9.17, 15) is 13.2 Å². The molecule has 184 valence electrons. The number of sulfone groups is 1. The summed E-state index contributed by atoms with van der Waals surface area (Å²) in [6.45, 7) is 3.43. The number of benzene rings is 2. The molecule has 10 nitrogen and oxygen atoms in total. The summed E-state index contributed by atoms with van der Waals surface area (Å²) in [4.78, 5) is 15.7. The van der Waals surface area contributed by atoms with E-state index in [0.717, 1.165) is 5.76 Å². The number of aliphatic imine (C=N–C) groups is 1. The predicted molar refractivity (Wildman–Crippen MR) is 133 cm³/mol. The van der Waals surface area contributed by atoms with Crippen molar-refractivity contribution in [2.45, 2.75) is 24.1 Å². The first-order valence-corrected chi connectivity index (χ1v) is 12.7. The highest BCUT2D eigenvalue weighted by Crippen LogP contribution is 2.44. The van der Waals surface area contributed by atoms with Gasteiger partial charge in [-0.3, -0.25) is 4.79 Å². The monoisotopic (exact) mass is 517 g/mol. The molecule has 0 radical (unpaired) electrons. The summed E-state index contributed by atoms with van der Waals surface area (Å²) in [6, 6.07) is 9.76. The first-order chi connectivity index (χ1) is 16.6. The lowest BCUT2D eigenvalue weighted by Gasteiger charge is -2.15. The fraction of sp³-hybridized carbons (Fsp3) is 0.217. The second-order valence-corrected chi connectivity index (χ2v) is 10.3. The third-order valence-corrected chi connectivity index (χ3v) is 7.18. The molecule has 0 saturated heterocycles. The number of nitrogens with one attached hydrogen (secondary N) is 2. The number of guanidine groups is 1. The maximum Gasteiger partial charge on any atom is 0.280 e. The van der Waals surface area contributed by atoms with E-state index in [1.807, 2.05) is 12.1 Å².